The van der Waals surface area contributed by atoms with E-state index < -0.39 is 5.82 Å². The molecule has 0 bridgehead atoms. The Bertz CT molecular complexity index is 545. The first-order valence-corrected chi connectivity index (χ1v) is 5.99. The summed E-state index contributed by atoms with van der Waals surface area (Å²) in [5.74, 6) is 0.317. The van der Waals surface area contributed by atoms with Crippen molar-refractivity contribution in [1.29, 1.82) is 0 Å². The third-order valence-corrected chi connectivity index (χ3v) is 2.71. The summed E-state index contributed by atoms with van der Waals surface area (Å²) in [6, 6.07) is 11.7. The molecule has 0 aliphatic rings. The van der Waals surface area contributed by atoms with E-state index in [2.05, 4.69) is 0 Å². The Morgan fingerprint density at radius 1 is 1.17 bits per heavy atom. The summed E-state index contributed by atoms with van der Waals surface area (Å²) < 4.78 is 19.3. The zero-order valence-corrected chi connectivity index (χ0v) is 10.5. The van der Waals surface area contributed by atoms with Crippen molar-refractivity contribution in [1.82, 2.24) is 0 Å². The van der Waals surface area contributed by atoms with E-state index in [9.17, 15) is 4.39 Å². The van der Waals surface area contributed by atoms with E-state index in [1.54, 1.807) is 36.4 Å². The topological polar surface area (TPSA) is 35.2 Å². The van der Waals surface area contributed by atoms with E-state index in [4.69, 9.17) is 22.1 Å². The fourth-order valence-corrected chi connectivity index (χ4v) is 1.85. The number of nitrogens with two attached hydrogens (primary N) is 1. The maximum atomic E-state index is 13.8. The van der Waals surface area contributed by atoms with Crippen molar-refractivity contribution in [2.24, 2.45) is 5.73 Å². The van der Waals surface area contributed by atoms with Crippen LogP contribution in [0, 0.1) is 5.82 Å². The van der Waals surface area contributed by atoms with Crippen LogP contribution in [0.4, 0.5) is 4.39 Å². The van der Waals surface area contributed by atoms with Crippen LogP contribution in [0.1, 0.15) is 5.56 Å². The third-order valence-electron chi connectivity index (χ3n) is 2.48. The molecule has 2 aromatic rings. The Morgan fingerprint density at radius 2 is 1.94 bits per heavy atom. The smallest absolute Gasteiger partial charge is 0.166 e. The van der Waals surface area contributed by atoms with Gasteiger partial charge in [-0.05, 0) is 42.8 Å². The molecule has 94 valence electrons. The van der Waals surface area contributed by atoms with Crippen LogP contribution in [0.2, 0.25) is 5.02 Å². The van der Waals surface area contributed by atoms with Gasteiger partial charge in [-0.15, -0.1) is 0 Å². The lowest BCUT2D eigenvalue weighted by Gasteiger charge is -2.11. The van der Waals surface area contributed by atoms with Crippen molar-refractivity contribution < 1.29 is 9.13 Å². The average molecular weight is 266 g/mol. The first-order chi connectivity index (χ1) is 8.70. The molecule has 0 saturated carbocycles. The summed E-state index contributed by atoms with van der Waals surface area (Å²) in [5, 5.41) is 0.546. The van der Waals surface area contributed by atoms with Gasteiger partial charge in [0.05, 0.1) is 0 Å². The molecule has 18 heavy (non-hydrogen) atoms. The van der Waals surface area contributed by atoms with Gasteiger partial charge in [0.2, 0.25) is 0 Å². The Labute approximate surface area is 110 Å². The van der Waals surface area contributed by atoms with Gasteiger partial charge in [0.1, 0.15) is 5.75 Å². The number of rotatable bonds is 4. The number of benzene rings is 2. The van der Waals surface area contributed by atoms with Crippen molar-refractivity contribution in [3.8, 4) is 11.5 Å². The highest BCUT2D eigenvalue weighted by atomic mass is 35.5. The number of hydrogen-bond acceptors (Lipinski definition) is 2. The van der Waals surface area contributed by atoms with Gasteiger partial charge in [-0.3, -0.25) is 0 Å². The summed E-state index contributed by atoms with van der Waals surface area (Å²) in [5.41, 5.74) is 6.25. The zero-order chi connectivity index (χ0) is 13.0. The maximum Gasteiger partial charge on any atom is 0.166 e. The number of para-hydroxylation sites is 1. The molecule has 2 rings (SSSR count). The number of ether oxygens (including phenoxy) is 1. The van der Waals surface area contributed by atoms with E-state index in [1.165, 1.54) is 6.07 Å². The van der Waals surface area contributed by atoms with Crippen molar-refractivity contribution >= 4 is 11.6 Å². The van der Waals surface area contributed by atoms with Crippen LogP contribution >= 0.6 is 11.6 Å². The van der Waals surface area contributed by atoms with E-state index in [0.717, 1.165) is 5.56 Å². The molecule has 0 unspecified atom stereocenters. The summed E-state index contributed by atoms with van der Waals surface area (Å²) in [4.78, 5) is 0. The lowest BCUT2D eigenvalue weighted by Crippen LogP contribution is -2.05. The molecule has 2 aromatic carbocycles. The van der Waals surface area contributed by atoms with Crippen LogP contribution < -0.4 is 10.5 Å². The minimum atomic E-state index is -0.402. The maximum absolute atomic E-state index is 13.8. The van der Waals surface area contributed by atoms with E-state index in [0.29, 0.717) is 23.7 Å². The van der Waals surface area contributed by atoms with Gasteiger partial charge in [0.15, 0.2) is 11.6 Å². The summed E-state index contributed by atoms with van der Waals surface area (Å²) in [7, 11) is 0. The van der Waals surface area contributed by atoms with Gasteiger partial charge in [0.25, 0.3) is 0 Å². The highest BCUT2D eigenvalue weighted by molar-refractivity contribution is 6.30. The largest absolute Gasteiger partial charge is 0.454 e. The predicted octanol–water partition coefficient (Wildman–Crippen LogP) is 3.77. The van der Waals surface area contributed by atoms with Crippen LogP contribution in [0.3, 0.4) is 0 Å². The minimum Gasteiger partial charge on any atom is -0.454 e. The fourth-order valence-electron chi connectivity index (χ4n) is 1.67. The lowest BCUT2D eigenvalue weighted by molar-refractivity contribution is 0.436. The van der Waals surface area contributed by atoms with Crippen molar-refractivity contribution in [3.05, 3.63) is 58.9 Å². The normalized spacial score (nSPS) is 10.4. The molecule has 0 aliphatic carbocycles. The van der Waals surface area contributed by atoms with Gasteiger partial charge in [-0.1, -0.05) is 29.8 Å². The molecule has 0 aliphatic heterocycles. The first kappa shape index (κ1) is 12.9. The van der Waals surface area contributed by atoms with Gasteiger partial charge in [-0.25, -0.2) is 4.39 Å². The SMILES string of the molecule is NCCc1cccc(F)c1Oc1cccc(Cl)c1. The molecular formula is C14H13ClFNO. The molecule has 0 radical (unpaired) electrons. The molecule has 2 nitrogen and oxygen atoms in total. The Hall–Kier alpha value is -1.58. The van der Waals surface area contributed by atoms with Crippen molar-refractivity contribution in [2.45, 2.75) is 6.42 Å². The quantitative estimate of drug-likeness (QED) is 0.913. The molecule has 0 atom stereocenters. The van der Waals surface area contributed by atoms with Crippen LogP contribution in [0.15, 0.2) is 42.5 Å². The Morgan fingerprint density at radius 3 is 2.67 bits per heavy atom. The van der Waals surface area contributed by atoms with Crippen LogP contribution in [0.5, 0.6) is 11.5 Å². The fraction of sp³-hybridized carbons (Fsp3) is 0.143. The van der Waals surface area contributed by atoms with E-state index in [-0.39, 0.29) is 5.75 Å². The Balaban J connectivity index is 2.33. The highest BCUT2D eigenvalue weighted by Crippen LogP contribution is 2.29. The number of hydrogen-bond donors (Lipinski definition) is 1. The van der Waals surface area contributed by atoms with Crippen molar-refractivity contribution in [3.63, 3.8) is 0 Å². The van der Waals surface area contributed by atoms with Crippen molar-refractivity contribution in [2.75, 3.05) is 6.54 Å². The number of halogens is 2. The first-order valence-electron chi connectivity index (χ1n) is 5.61. The molecule has 0 fully saturated rings. The lowest BCUT2D eigenvalue weighted by atomic mass is 10.1. The molecule has 0 heterocycles. The molecule has 0 aromatic heterocycles. The summed E-state index contributed by atoms with van der Waals surface area (Å²) in [6.45, 7) is 0.440. The summed E-state index contributed by atoms with van der Waals surface area (Å²) >= 11 is 5.86. The zero-order valence-electron chi connectivity index (χ0n) is 9.70. The predicted molar refractivity (Wildman–Crippen MR) is 70.7 cm³/mol. The van der Waals surface area contributed by atoms with Gasteiger partial charge >= 0.3 is 0 Å². The van der Waals surface area contributed by atoms with Gasteiger partial charge in [-0.2, -0.15) is 0 Å². The second kappa shape index (κ2) is 5.85. The molecular weight excluding hydrogens is 253 g/mol. The van der Waals surface area contributed by atoms with E-state index >= 15 is 0 Å². The van der Waals surface area contributed by atoms with Gasteiger partial charge < -0.3 is 10.5 Å². The average Bonchev–Trinajstić information content (AvgIpc) is 2.34. The highest BCUT2D eigenvalue weighted by Gasteiger charge is 2.10. The molecule has 0 saturated heterocycles. The van der Waals surface area contributed by atoms with Crippen LogP contribution in [-0.2, 0) is 6.42 Å². The standard InChI is InChI=1S/C14H13ClFNO/c15-11-4-2-5-12(9-11)18-14-10(7-8-17)3-1-6-13(14)16/h1-6,9H,7-8,17H2. The third kappa shape index (κ3) is 3.00. The monoisotopic (exact) mass is 265 g/mol. The molecule has 0 amide bonds. The van der Waals surface area contributed by atoms with Crippen LogP contribution in [0.25, 0.3) is 0 Å². The van der Waals surface area contributed by atoms with E-state index in [1.807, 2.05) is 0 Å². The summed E-state index contributed by atoms with van der Waals surface area (Å²) in [6.07, 6.45) is 0.563. The molecule has 4 heteroatoms. The van der Waals surface area contributed by atoms with Gasteiger partial charge in [0, 0.05) is 5.02 Å². The second-order valence-electron chi connectivity index (χ2n) is 3.83. The molecule has 2 N–H and O–H groups in total. The second-order valence-corrected chi connectivity index (χ2v) is 4.26. The molecule has 0 spiro atoms. The minimum absolute atomic E-state index is 0.213. The van der Waals surface area contributed by atoms with Crippen LogP contribution in [-0.4, -0.2) is 6.54 Å². The Kier molecular flexibility index (Phi) is 4.18.